The molecule has 1 rings (SSSR count). The number of hydrogen-bond acceptors (Lipinski definition) is 3. The van der Waals surface area contributed by atoms with Gasteiger partial charge in [0.15, 0.2) is 0 Å². The van der Waals surface area contributed by atoms with E-state index in [9.17, 15) is 4.79 Å². The van der Waals surface area contributed by atoms with Gasteiger partial charge in [-0.2, -0.15) is 0 Å². The van der Waals surface area contributed by atoms with Gasteiger partial charge in [-0.15, -0.1) is 0 Å². The Morgan fingerprint density at radius 3 is 2.87 bits per heavy atom. The zero-order chi connectivity index (χ0) is 11.4. The molecular weight excluding hydrogens is 194 g/mol. The Hall–Kier alpha value is -0.610. The fourth-order valence-electron chi connectivity index (χ4n) is 2.15. The monoisotopic (exact) mass is 215 g/mol. The molecule has 0 saturated carbocycles. The van der Waals surface area contributed by atoms with Crippen LogP contribution in [0.25, 0.3) is 0 Å². The van der Waals surface area contributed by atoms with Crippen LogP contribution in [0.2, 0.25) is 0 Å². The first-order chi connectivity index (χ1) is 7.04. The molecule has 1 N–H and O–H groups in total. The zero-order valence-electron chi connectivity index (χ0n) is 9.77. The van der Waals surface area contributed by atoms with Crippen LogP contribution in [0, 0.1) is 5.92 Å². The summed E-state index contributed by atoms with van der Waals surface area (Å²) in [4.78, 5) is 12.8. The van der Waals surface area contributed by atoms with Crippen molar-refractivity contribution in [1.82, 2.24) is 4.90 Å². The first-order valence-electron chi connectivity index (χ1n) is 5.53. The normalized spacial score (nSPS) is 30.1. The van der Waals surface area contributed by atoms with Crippen LogP contribution < -0.4 is 0 Å². The first kappa shape index (κ1) is 12.5. The van der Waals surface area contributed by atoms with Gasteiger partial charge in [0.25, 0.3) is 0 Å². The van der Waals surface area contributed by atoms with Crippen LogP contribution >= 0.6 is 0 Å². The minimum absolute atomic E-state index is 0.104. The van der Waals surface area contributed by atoms with Crippen LogP contribution in [-0.4, -0.2) is 48.3 Å². The molecule has 88 valence electrons. The molecule has 1 aliphatic rings. The third-order valence-corrected chi connectivity index (χ3v) is 3.32. The number of rotatable bonds is 4. The van der Waals surface area contributed by atoms with Gasteiger partial charge in [-0.1, -0.05) is 6.92 Å². The van der Waals surface area contributed by atoms with Crippen LogP contribution in [0.3, 0.4) is 0 Å². The van der Waals surface area contributed by atoms with Crippen LogP contribution in [0.15, 0.2) is 0 Å². The van der Waals surface area contributed by atoms with Crippen molar-refractivity contribution in [2.45, 2.75) is 38.8 Å². The fourth-order valence-corrected chi connectivity index (χ4v) is 2.15. The second-order valence-electron chi connectivity index (χ2n) is 4.48. The lowest BCUT2D eigenvalue weighted by Crippen LogP contribution is -2.48. The molecule has 15 heavy (non-hydrogen) atoms. The molecule has 0 radical (unpaired) electrons. The summed E-state index contributed by atoms with van der Waals surface area (Å²) < 4.78 is 5.40. The molecule has 1 saturated heterocycles. The first-order valence-corrected chi connectivity index (χ1v) is 5.53. The van der Waals surface area contributed by atoms with E-state index in [1.807, 2.05) is 6.92 Å². The Labute approximate surface area is 91.2 Å². The van der Waals surface area contributed by atoms with Crippen LogP contribution in [-0.2, 0) is 9.53 Å². The molecule has 0 amide bonds. The van der Waals surface area contributed by atoms with E-state index in [0.29, 0.717) is 5.92 Å². The molecular formula is C11H21NO3. The Balaban J connectivity index is 2.46. The molecule has 1 aliphatic heterocycles. The SMILES string of the molecule is COC1CN(C(C)CC(=O)O)CCC1C. The number of carbonyl (C=O) groups is 1. The van der Waals surface area contributed by atoms with E-state index in [4.69, 9.17) is 9.84 Å². The van der Waals surface area contributed by atoms with Crippen molar-refractivity contribution in [2.75, 3.05) is 20.2 Å². The Morgan fingerprint density at radius 2 is 2.33 bits per heavy atom. The quantitative estimate of drug-likeness (QED) is 0.765. The largest absolute Gasteiger partial charge is 0.481 e. The minimum Gasteiger partial charge on any atom is -0.481 e. The highest BCUT2D eigenvalue weighted by molar-refractivity contribution is 5.67. The van der Waals surface area contributed by atoms with Crippen LogP contribution in [0.5, 0.6) is 0 Å². The molecule has 1 heterocycles. The maximum Gasteiger partial charge on any atom is 0.304 e. The second-order valence-corrected chi connectivity index (χ2v) is 4.48. The Morgan fingerprint density at radius 1 is 1.67 bits per heavy atom. The molecule has 0 aliphatic carbocycles. The highest BCUT2D eigenvalue weighted by Crippen LogP contribution is 2.21. The third-order valence-electron chi connectivity index (χ3n) is 3.32. The molecule has 0 bridgehead atoms. The van der Waals surface area contributed by atoms with E-state index in [2.05, 4.69) is 11.8 Å². The molecule has 3 atom stereocenters. The highest BCUT2D eigenvalue weighted by atomic mass is 16.5. The summed E-state index contributed by atoms with van der Waals surface area (Å²) in [5.74, 6) is -0.154. The van der Waals surface area contributed by atoms with Gasteiger partial charge in [-0.05, 0) is 25.8 Å². The Bertz CT molecular complexity index is 220. The van der Waals surface area contributed by atoms with Crippen molar-refractivity contribution >= 4 is 5.97 Å². The number of piperidine rings is 1. The second kappa shape index (κ2) is 5.47. The lowest BCUT2D eigenvalue weighted by atomic mass is 9.94. The standard InChI is InChI=1S/C11H21NO3/c1-8-4-5-12(7-10(8)15-3)9(2)6-11(13)14/h8-10H,4-7H2,1-3H3,(H,13,14). The van der Waals surface area contributed by atoms with E-state index >= 15 is 0 Å². The zero-order valence-corrected chi connectivity index (χ0v) is 9.77. The molecule has 0 aromatic heterocycles. The maximum absolute atomic E-state index is 10.6. The lowest BCUT2D eigenvalue weighted by molar-refractivity contribution is -0.138. The number of nitrogens with zero attached hydrogens (tertiary/aromatic N) is 1. The smallest absolute Gasteiger partial charge is 0.304 e. The molecule has 4 heteroatoms. The average molecular weight is 215 g/mol. The molecule has 3 unspecified atom stereocenters. The minimum atomic E-state index is -0.727. The van der Waals surface area contributed by atoms with E-state index < -0.39 is 5.97 Å². The molecule has 1 fully saturated rings. The summed E-state index contributed by atoms with van der Waals surface area (Å²) in [6.45, 7) is 5.99. The number of likely N-dealkylation sites (tertiary alicyclic amines) is 1. The number of methoxy groups -OCH3 is 1. The van der Waals surface area contributed by atoms with E-state index in [1.54, 1.807) is 7.11 Å². The van der Waals surface area contributed by atoms with Gasteiger partial charge in [0, 0.05) is 19.7 Å². The summed E-state index contributed by atoms with van der Waals surface area (Å²) in [5, 5.41) is 8.73. The summed E-state index contributed by atoms with van der Waals surface area (Å²) >= 11 is 0. The number of aliphatic carboxylic acids is 1. The van der Waals surface area contributed by atoms with Gasteiger partial charge < -0.3 is 9.84 Å². The topological polar surface area (TPSA) is 49.8 Å². The van der Waals surface area contributed by atoms with Gasteiger partial charge >= 0.3 is 5.97 Å². The summed E-state index contributed by atoms with van der Waals surface area (Å²) in [6.07, 6.45) is 1.54. The van der Waals surface area contributed by atoms with E-state index in [-0.39, 0.29) is 18.6 Å². The van der Waals surface area contributed by atoms with Crippen LogP contribution in [0.4, 0.5) is 0 Å². The van der Waals surface area contributed by atoms with Crippen molar-refractivity contribution in [3.05, 3.63) is 0 Å². The number of hydrogen-bond donors (Lipinski definition) is 1. The summed E-state index contributed by atoms with van der Waals surface area (Å²) in [7, 11) is 1.73. The summed E-state index contributed by atoms with van der Waals surface area (Å²) in [6, 6.07) is 0.104. The van der Waals surface area contributed by atoms with Crippen LogP contribution in [0.1, 0.15) is 26.7 Å². The number of ether oxygens (including phenoxy) is 1. The van der Waals surface area contributed by atoms with Crippen molar-refractivity contribution in [3.63, 3.8) is 0 Å². The fraction of sp³-hybridized carbons (Fsp3) is 0.909. The average Bonchev–Trinajstić information content (AvgIpc) is 2.17. The molecule has 0 aromatic carbocycles. The highest BCUT2D eigenvalue weighted by Gasteiger charge is 2.29. The van der Waals surface area contributed by atoms with Crippen molar-refractivity contribution in [3.8, 4) is 0 Å². The predicted molar refractivity (Wildman–Crippen MR) is 57.9 cm³/mol. The van der Waals surface area contributed by atoms with Gasteiger partial charge in [0.1, 0.15) is 0 Å². The van der Waals surface area contributed by atoms with Gasteiger partial charge in [0.2, 0.25) is 0 Å². The number of carboxylic acids is 1. The van der Waals surface area contributed by atoms with Gasteiger partial charge in [-0.25, -0.2) is 0 Å². The van der Waals surface area contributed by atoms with E-state index in [1.165, 1.54) is 0 Å². The number of carboxylic acid groups (broad SMARTS) is 1. The van der Waals surface area contributed by atoms with Crippen molar-refractivity contribution in [1.29, 1.82) is 0 Å². The third kappa shape index (κ3) is 3.47. The Kier molecular flexibility index (Phi) is 4.54. The molecule has 0 spiro atoms. The maximum atomic E-state index is 10.6. The van der Waals surface area contributed by atoms with Crippen molar-refractivity contribution < 1.29 is 14.6 Å². The lowest BCUT2D eigenvalue weighted by Gasteiger charge is -2.39. The summed E-state index contributed by atoms with van der Waals surface area (Å²) in [5.41, 5.74) is 0. The van der Waals surface area contributed by atoms with Gasteiger partial charge in [0.05, 0.1) is 12.5 Å². The molecule has 0 aromatic rings. The van der Waals surface area contributed by atoms with E-state index in [0.717, 1.165) is 19.5 Å². The molecule has 4 nitrogen and oxygen atoms in total. The predicted octanol–water partition coefficient (Wildman–Crippen LogP) is 1.21. The van der Waals surface area contributed by atoms with Gasteiger partial charge in [-0.3, -0.25) is 9.69 Å². The van der Waals surface area contributed by atoms with Crippen molar-refractivity contribution in [2.24, 2.45) is 5.92 Å².